The molecule has 9 heteroatoms. The van der Waals surface area contributed by atoms with Gasteiger partial charge < -0.3 is 25.4 Å². The second-order valence-electron chi connectivity index (χ2n) is 8.86. The summed E-state index contributed by atoms with van der Waals surface area (Å²) < 4.78 is 5.49. The van der Waals surface area contributed by atoms with E-state index in [1.807, 2.05) is 53.4 Å². The van der Waals surface area contributed by atoms with Crippen LogP contribution in [0, 0.1) is 0 Å². The molecule has 0 spiro atoms. The van der Waals surface area contributed by atoms with Crippen molar-refractivity contribution in [3.05, 3.63) is 83.6 Å². The minimum Gasteiger partial charge on any atom is -0.480 e. The number of benzene rings is 2. The van der Waals surface area contributed by atoms with Gasteiger partial charge in [0, 0.05) is 31.6 Å². The minimum absolute atomic E-state index is 0.0489. The van der Waals surface area contributed by atoms with Crippen LogP contribution in [0.4, 0.5) is 10.6 Å². The van der Waals surface area contributed by atoms with Crippen LogP contribution < -0.4 is 15.5 Å². The maximum absolute atomic E-state index is 12.6. The lowest BCUT2D eigenvalue weighted by Crippen LogP contribution is -2.48. The average molecular weight is 487 g/mol. The number of carboxylic acid groups (broad SMARTS) is 1. The summed E-state index contributed by atoms with van der Waals surface area (Å²) in [6.45, 7) is 1.53. The molecule has 2 aromatic carbocycles. The first-order valence-electron chi connectivity index (χ1n) is 11.8. The highest BCUT2D eigenvalue weighted by molar-refractivity contribution is 5.82. The zero-order chi connectivity index (χ0) is 25.1. The Balaban J connectivity index is 1.20. The first-order chi connectivity index (χ1) is 17.5. The molecule has 3 aromatic rings. The van der Waals surface area contributed by atoms with Crippen LogP contribution >= 0.6 is 0 Å². The predicted molar refractivity (Wildman–Crippen MR) is 133 cm³/mol. The van der Waals surface area contributed by atoms with E-state index in [1.54, 1.807) is 18.3 Å². The van der Waals surface area contributed by atoms with Crippen LogP contribution in [0.2, 0.25) is 0 Å². The number of nitrogens with zero attached hydrogens (tertiary/aromatic N) is 2. The number of hydrogen-bond acceptors (Lipinski definition) is 6. The van der Waals surface area contributed by atoms with Crippen LogP contribution in [-0.4, -0.2) is 60.3 Å². The Morgan fingerprint density at radius 2 is 1.78 bits per heavy atom. The Labute approximate surface area is 208 Å². The lowest BCUT2D eigenvalue weighted by atomic mass is 9.98. The summed E-state index contributed by atoms with van der Waals surface area (Å²) in [5.74, 6) is -0.698. The number of fused-ring (bicyclic) bond motifs is 3. The molecule has 2 heterocycles. The maximum Gasteiger partial charge on any atom is 0.407 e. The van der Waals surface area contributed by atoms with Gasteiger partial charge in [-0.2, -0.15) is 0 Å². The zero-order valence-electron chi connectivity index (χ0n) is 19.5. The highest BCUT2D eigenvalue weighted by Gasteiger charge is 2.30. The molecule has 5 rings (SSSR count). The summed E-state index contributed by atoms with van der Waals surface area (Å²) in [6, 6.07) is 18.3. The lowest BCUT2D eigenvalue weighted by Gasteiger charge is -2.27. The Morgan fingerprint density at radius 3 is 2.39 bits per heavy atom. The van der Waals surface area contributed by atoms with Gasteiger partial charge in [0.05, 0.1) is 6.54 Å². The van der Waals surface area contributed by atoms with E-state index in [9.17, 15) is 19.5 Å². The van der Waals surface area contributed by atoms with Gasteiger partial charge >= 0.3 is 12.1 Å². The van der Waals surface area contributed by atoms with Gasteiger partial charge in [0.1, 0.15) is 18.5 Å². The van der Waals surface area contributed by atoms with Crippen molar-refractivity contribution >= 4 is 23.8 Å². The Morgan fingerprint density at radius 1 is 1.08 bits per heavy atom. The number of piperazine rings is 1. The quantitative estimate of drug-likeness (QED) is 0.469. The summed E-state index contributed by atoms with van der Waals surface area (Å²) in [7, 11) is 0. The van der Waals surface area contributed by atoms with Crippen LogP contribution in [-0.2, 0) is 20.7 Å². The number of carboxylic acids is 1. The van der Waals surface area contributed by atoms with Gasteiger partial charge in [-0.1, -0.05) is 54.6 Å². The second kappa shape index (κ2) is 10.1. The van der Waals surface area contributed by atoms with Crippen LogP contribution in [0.5, 0.6) is 0 Å². The van der Waals surface area contributed by atoms with Gasteiger partial charge in [-0.25, -0.2) is 14.6 Å². The highest BCUT2D eigenvalue weighted by Crippen LogP contribution is 2.44. The number of amides is 2. The fourth-order valence-corrected chi connectivity index (χ4v) is 4.78. The predicted octanol–water partition coefficient (Wildman–Crippen LogP) is 2.55. The van der Waals surface area contributed by atoms with E-state index >= 15 is 0 Å². The van der Waals surface area contributed by atoms with Crippen molar-refractivity contribution in [2.75, 3.05) is 31.1 Å². The number of ether oxygens (including phenoxy) is 1. The molecule has 9 nitrogen and oxygen atoms in total. The van der Waals surface area contributed by atoms with Gasteiger partial charge in [0.15, 0.2) is 0 Å². The van der Waals surface area contributed by atoms with E-state index in [4.69, 9.17) is 4.74 Å². The Kier molecular flexibility index (Phi) is 6.53. The number of alkyl carbamates (subject to hydrolysis) is 1. The highest BCUT2D eigenvalue weighted by atomic mass is 16.5. The Bertz CT molecular complexity index is 1250. The van der Waals surface area contributed by atoms with Gasteiger partial charge in [0.25, 0.3) is 0 Å². The Hall–Kier alpha value is -4.40. The molecule has 1 aliphatic heterocycles. The summed E-state index contributed by atoms with van der Waals surface area (Å²) >= 11 is 0. The molecule has 1 atom stereocenters. The molecule has 1 aliphatic carbocycles. The van der Waals surface area contributed by atoms with Crippen LogP contribution in [0.3, 0.4) is 0 Å². The minimum atomic E-state index is -1.17. The molecule has 0 unspecified atom stereocenters. The number of anilines is 1. The normalized spacial score (nSPS) is 15.4. The van der Waals surface area contributed by atoms with Crippen molar-refractivity contribution in [3.8, 4) is 11.1 Å². The molecular weight excluding hydrogens is 460 g/mol. The largest absolute Gasteiger partial charge is 0.480 e. The third kappa shape index (κ3) is 4.86. The van der Waals surface area contributed by atoms with Gasteiger partial charge in [-0.05, 0) is 33.9 Å². The van der Waals surface area contributed by atoms with Crippen LogP contribution in [0.25, 0.3) is 11.1 Å². The van der Waals surface area contributed by atoms with Gasteiger partial charge in [-0.3, -0.25) is 4.79 Å². The number of aromatic nitrogens is 1. The van der Waals surface area contributed by atoms with Crippen molar-refractivity contribution < 1.29 is 24.2 Å². The molecule has 3 N–H and O–H groups in total. The monoisotopic (exact) mass is 486 g/mol. The smallest absolute Gasteiger partial charge is 0.407 e. The SMILES string of the molecule is O=C1CN(c2ccc(C[C@H](NC(=O)OCC3c4ccccc4-c4ccccc43)C(=O)O)cn2)CCN1. The molecule has 0 radical (unpaired) electrons. The molecule has 0 bridgehead atoms. The fraction of sp³-hybridized carbons (Fsp3) is 0.259. The number of carbonyl (C=O) groups is 3. The molecular formula is C27H26N4O5. The van der Waals surface area contributed by atoms with Gasteiger partial charge in [-0.15, -0.1) is 0 Å². The molecule has 1 saturated heterocycles. The third-order valence-electron chi connectivity index (χ3n) is 6.55. The average Bonchev–Trinajstić information content (AvgIpc) is 3.21. The zero-order valence-corrected chi connectivity index (χ0v) is 19.5. The standard InChI is InChI=1S/C27H26N4O5/c32-25-15-31(12-11-28-25)24-10-9-17(14-29-24)13-23(26(33)34)30-27(35)36-16-22-20-7-3-1-5-18(20)19-6-2-4-8-21(19)22/h1-10,14,22-23H,11-13,15-16H2,(H,28,32)(H,30,35)(H,33,34)/t23-/m0/s1. The summed E-state index contributed by atoms with van der Waals surface area (Å²) in [5.41, 5.74) is 5.04. The lowest BCUT2D eigenvalue weighted by molar-refractivity contribution is -0.139. The second-order valence-corrected chi connectivity index (χ2v) is 8.86. The fourth-order valence-electron chi connectivity index (χ4n) is 4.78. The number of aliphatic carboxylic acids is 1. The van der Waals surface area contributed by atoms with E-state index in [0.717, 1.165) is 22.3 Å². The van der Waals surface area contributed by atoms with Gasteiger partial charge in [0.2, 0.25) is 5.91 Å². The van der Waals surface area contributed by atoms with E-state index in [1.165, 1.54) is 0 Å². The first-order valence-corrected chi connectivity index (χ1v) is 11.8. The molecule has 1 fully saturated rings. The molecule has 184 valence electrons. The summed E-state index contributed by atoms with van der Waals surface area (Å²) in [5, 5.41) is 14.9. The van der Waals surface area contributed by atoms with Crippen molar-refractivity contribution in [1.29, 1.82) is 0 Å². The summed E-state index contributed by atoms with van der Waals surface area (Å²) in [4.78, 5) is 42.2. The van der Waals surface area contributed by atoms with Crippen molar-refractivity contribution in [2.45, 2.75) is 18.4 Å². The van der Waals surface area contributed by atoms with Crippen molar-refractivity contribution in [2.24, 2.45) is 0 Å². The van der Waals surface area contributed by atoms with E-state index < -0.39 is 18.1 Å². The molecule has 36 heavy (non-hydrogen) atoms. The maximum atomic E-state index is 12.6. The molecule has 2 aliphatic rings. The van der Waals surface area contributed by atoms with Crippen molar-refractivity contribution in [1.82, 2.24) is 15.6 Å². The number of nitrogens with one attached hydrogen (secondary N) is 2. The molecule has 0 saturated carbocycles. The van der Waals surface area contributed by atoms with E-state index in [0.29, 0.717) is 24.5 Å². The third-order valence-corrected chi connectivity index (χ3v) is 6.55. The first kappa shape index (κ1) is 23.3. The topological polar surface area (TPSA) is 121 Å². The van der Waals surface area contributed by atoms with E-state index in [2.05, 4.69) is 15.6 Å². The van der Waals surface area contributed by atoms with Crippen LogP contribution in [0.15, 0.2) is 66.9 Å². The number of rotatable bonds is 7. The van der Waals surface area contributed by atoms with Crippen LogP contribution in [0.1, 0.15) is 22.6 Å². The van der Waals surface area contributed by atoms with Crippen molar-refractivity contribution in [3.63, 3.8) is 0 Å². The number of carbonyl (C=O) groups excluding carboxylic acids is 2. The molecule has 2 amide bonds. The molecule has 1 aromatic heterocycles. The van der Waals surface area contributed by atoms with E-state index in [-0.39, 0.29) is 31.4 Å². The summed E-state index contributed by atoms with van der Waals surface area (Å²) in [6.07, 6.45) is 0.831. The number of hydrogen-bond donors (Lipinski definition) is 3. The number of pyridine rings is 1.